The molecule has 0 aliphatic carbocycles. The van der Waals surface area contributed by atoms with Gasteiger partial charge in [0.05, 0.1) is 19.3 Å². The number of ether oxygens (including phenoxy) is 2. The summed E-state index contributed by atoms with van der Waals surface area (Å²) in [5.74, 6) is -0.303. The molecule has 0 radical (unpaired) electrons. The molecule has 1 heterocycles. The van der Waals surface area contributed by atoms with E-state index in [-0.39, 0.29) is 17.6 Å². The number of hydrogen-bond donors (Lipinski definition) is 2. The number of aliphatic hydroxyl groups excluding tert-OH is 2. The molecule has 0 aromatic heterocycles. The van der Waals surface area contributed by atoms with Gasteiger partial charge >= 0.3 is 0 Å². The molecule has 3 aromatic carbocycles. The van der Waals surface area contributed by atoms with Crippen LogP contribution in [-0.4, -0.2) is 49.7 Å². The van der Waals surface area contributed by atoms with Gasteiger partial charge in [-0.15, -0.1) is 0 Å². The van der Waals surface area contributed by atoms with E-state index in [4.69, 9.17) is 13.9 Å². The molecular formula is C30H38O5Si. The van der Waals surface area contributed by atoms with Crippen LogP contribution < -0.4 is 10.4 Å². The second kappa shape index (κ2) is 11.4. The van der Waals surface area contributed by atoms with Crippen LogP contribution in [0.15, 0.2) is 91.0 Å². The maximum atomic E-state index is 10.9. The van der Waals surface area contributed by atoms with Gasteiger partial charge in [-0.2, -0.15) is 0 Å². The molecule has 0 amide bonds. The minimum atomic E-state index is -2.95. The Bertz CT molecular complexity index is 1030. The Kier molecular flexibility index (Phi) is 8.45. The molecule has 3 aromatic rings. The summed E-state index contributed by atoms with van der Waals surface area (Å²) >= 11 is 0. The van der Waals surface area contributed by atoms with Crippen molar-refractivity contribution in [3.8, 4) is 0 Å². The van der Waals surface area contributed by atoms with Crippen LogP contribution >= 0.6 is 0 Å². The summed E-state index contributed by atoms with van der Waals surface area (Å²) in [6.07, 6.45) is -2.91. The Balaban J connectivity index is 1.78. The summed E-state index contributed by atoms with van der Waals surface area (Å²) in [5, 5.41) is 22.9. The fourth-order valence-electron chi connectivity index (χ4n) is 5.22. The van der Waals surface area contributed by atoms with Crippen LogP contribution in [0.25, 0.3) is 0 Å². The van der Waals surface area contributed by atoms with Crippen LogP contribution in [0, 0.1) is 5.92 Å². The molecule has 1 saturated heterocycles. The number of aliphatic hydroxyl groups is 2. The molecule has 1 aliphatic heterocycles. The Morgan fingerprint density at radius 2 is 1.33 bits per heavy atom. The Morgan fingerprint density at radius 1 is 0.833 bits per heavy atom. The molecule has 5 atom stereocenters. The fraction of sp³-hybridized carbons (Fsp3) is 0.400. The van der Waals surface area contributed by atoms with Crippen molar-refractivity contribution in [1.29, 1.82) is 0 Å². The standard InChI is InChI=1S/C30H38O5Si/c1-22-27(32)26(20-31)34-29(28(22)33-21-23-14-8-5-9-15-23)35-36(30(2,3)4,24-16-10-6-11-17-24)25-18-12-7-13-19-25/h5-19,22,26-29,31-32H,20-21H2,1-4H3/t22-,26?,27-,28?,29-/m0/s1. The lowest BCUT2D eigenvalue weighted by Crippen LogP contribution is -2.70. The first-order valence-electron chi connectivity index (χ1n) is 12.7. The third-order valence-electron chi connectivity index (χ3n) is 7.19. The largest absolute Gasteiger partial charge is 0.394 e. The Labute approximate surface area is 215 Å². The summed E-state index contributed by atoms with van der Waals surface area (Å²) in [4.78, 5) is 0. The predicted octanol–water partition coefficient (Wildman–Crippen LogP) is 3.86. The molecule has 0 bridgehead atoms. The van der Waals surface area contributed by atoms with E-state index < -0.39 is 32.9 Å². The van der Waals surface area contributed by atoms with E-state index >= 15 is 0 Å². The number of benzene rings is 3. The van der Waals surface area contributed by atoms with Crippen molar-refractivity contribution in [2.45, 2.75) is 63.9 Å². The fourth-order valence-corrected chi connectivity index (χ4v) is 9.77. The summed E-state index contributed by atoms with van der Waals surface area (Å²) in [5.41, 5.74) is 1.03. The smallest absolute Gasteiger partial charge is 0.264 e. The van der Waals surface area contributed by atoms with Gasteiger partial charge in [0.2, 0.25) is 0 Å². The van der Waals surface area contributed by atoms with Crippen LogP contribution in [0.4, 0.5) is 0 Å². The zero-order valence-corrected chi connectivity index (χ0v) is 22.6. The molecular weight excluding hydrogens is 468 g/mol. The Hall–Kier alpha value is -2.32. The van der Waals surface area contributed by atoms with Crippen LogP contribution in [0.1, 0.15) is 33.3 Å². The van der Waals surface area contributed by atoms with E-state index in [9.17, 15) is 10.2 Å². The zero-order chi connectivity index (χ0) is 25.8. The minimum absolute atomic E-state index is 0.253. The van der Waals surface area contributed by atoms with E-state index in [0.717, 1.165) is 15.9 Å². The lowest BCUT2D eigenvalue weighted by Gasteiger charge is -2.50. The molecule has 1 fully saturated rings. The van der Waals surface area contributed by atoms with E-state index in [1.54, 1.807) is 0 Å². The molecule has 0 saturated carbocycles. The molecule has 192 valence electrons. The average Bonchev–Trinajstić information content (AvgIpc) is 2.89. The molecule has 0 spiro atoms. The highest BCUT2D eigenvalue weighted by molar-refractivity contribution is 6.99. The van der Waals surface area contributed by atoms with Gasteiger partial charge in [0.15, 0.2) is 6.29 Å². The molecule has 6 heteroatoms. The molecule has 5 nitrogen and oxygen atoms in total. The summed E-state index contributed by atoms with van der Waals surface area (Å²) < 4.78 is 20.0. The lowest BCUT2D eigenvalue weighted by atomic mass is 9.91. The first-order chi connectivity index (χ1) is 17.3. The van der Waals surface area contributed by atoms with Crippen molar-refractivity contribution < 1.29 is 24.1 Å². The Morgan fingerprint density at radius 3 is 1.81 bits per heavy atom. The van der Waals surface area contributed by atoms with E-state index in [0.29, 0.717) is 6.61 Å². The van der Waals surface area contributed by atoms with Gasteiger partial charge in [-0.25, -0.2) is 0 Å². The molecule has 2 unspecified atom stereocenters. The van der Waals surface area contributed by atoms with Gasteiger partial charge in [-0.1, -0.05) is 119 Å². The van der Waals surface area contributed by atoms with Crippen molar-refractivity contribution in [2.75, 3.05) is 6.61 Å². The van der Waals surface area contributed by atoms with Crippen molar-refractivity contribution in [3.63, 3.8) is 0 Å². The highest BCUT2D eigenvalue weighted by atomic mass is 28.4. The average molecular weight is 507 g/mol. The molecule has 2 N–H and O–H groups in total. The highest BCUT2D eigenvalue weighted by Crippen LogP contribution is 2.40. The molecule has 4 rings (SSSR count). The normalized spacial score (nSPS) is 25.0. The summed E-state index contributed by atoms with van der Waals surface area (Å²) in [6.45, 7) is 8.65. The predicted molar refractivity (Wildman–Crippen MR) is 145 cm³/mol. The topological polar surface area (TPSA) is 68.2 Å². The van der Waals surface area contributed by atoms with E-state index in [1.165, 1.54) is 0 Å². The van der Waals surface area contributed by atoms with Crippen LogP contribution in [0.3, 0.4) is 0 Å². The van der Waals surface area contributed by atoms with Gasteiger partial charge < -0.3 is 24.1 Å². The van der Waals surface area contributed by atoms with Crippen molar-refractivity contribution in [1.82, 2.24) is 0 Å². The first kappa shape index (κ1) is 26.7. The maximum absolute atomic E-state index is 10.9. The molecule has 1 aliphatic rings. The molecule has 36 heavy (non-hydrogen) atoms. The van der Waals surface area contributed by atoms with Crippen LogP contribution in [0.5, 0.6) is 0 Å². The third-order valence-corrected chi connectivity index (χ3v) is 12.2. The monoisotopic (exact) mass is 506 g/mol. The zero-order valence-electron chi connectivity index (χ0n) is 21.6. The van der Waals surface area contributed by atoms with Crippen LogP contribution in [-0.2, 0) is 20.5 Å². The quantitative estimate of drug-likeness (QED) is 0.454. The van der Waals surface area contributed by atoms with Gasteiger partial charge in [0.1, 0.15) is 12.2 Å². The second-order valence-corrected chi connectivity index (χ2v) is 14.9. The van der Waals surface area contributed by atoms with Crippen molar-refractivity contribution in [3.05, 3.63) is 96.6 Å². The summed E-state index contributed by atoms with van der Waals surface area (Å²) in [7, 11) is -2.95. The van der Waals surface area contributed by atoms with E-state index in [2.05, 4.69) is 45.0 Å². The van der Waals surface area contributed by atoms with Gasteiger partial charge in [-0.05, 0) is 21.0 Å². The van der Waals surface area contributed by atoms with Gasteiger partial charge in [0, 0.05) is 5.92 Å². The number of hydrogen-bond acceptors (Lipinski definition) is 5. The van der Waals surface area contributed by atoms with Crippen molar-refractivity contribution in [2.24, 2.45) is 5.92 Å². The minimum Gasteiger partial charge on any atom is -0.394 e. The first-order valence-corrected chi connectivity index (χ1v) is 14.6. The van der Waals surface area contributed by atoms with Crippen LogP contribution in [0.2, 0.25) is 5.04 Å². The maximum Gasteiger partial charge on any atom is 0.264 e. The lowest BCUT2D eigenvalue weighted by molar-refractivity contribution is -0.276. The highest BCUT2D eigenvalue weighted by Gasteiger charge is 2.55. The van der Waals surface area contributed by atoms with E-state index in [1.807, 2.05) is 73.7 Å². The summed E-state index contributed by atoms with van der Waals surface area (Å²) in [6, 6.07) is 30.7. The van der Waals surface area contributed by atoms with Gasteiger partial charge in [-0.3, -0.25) is 0 Å². The van der Waals surface area contributed by atoms with Gasteiger partial charge in [0.25, 0.3) is 8.32 Å². The third kappa shape index (κ3) is 5.35. The van der Waals surface area contributed by atoms with Crippen molar-refractivity contribution >= 4 is 18.7 Å². The number of rotatable bonds is 8. The SMILES string of the molecule is C[C@@H]1C(OCc2ccccc2)[C@H](O[Si](c2ccccc2)(c2ccccc2)C(C)(C)C)OC(CO)[C@H]1O. The second-order valence-electron chi connectivity index (χ2n) is 10.6.